The molecular weight excluding hydrogens is 284 g/mol. The molecule has 0 fully saturated rings. The summed E-state index contributed by atoms with van der Waals surface area (Å²) in [5, 5.41) is 3.71. The highest BCUT2D eigenvalue weighted by molar-refractivity contribution is 6.39. The van der Waals surface area contributed by atoms with Gasteiger partial charge in [-0.3, -0.25) is 0 Å². The van der Waals surface area contributed by atoms with Crippen molar-refractivity contribution in [2.45, 2.75) is 19.9 Å². The lowest BCUT2D eigenvalue weighted by Gasteiger charge is -2.11. The molecule has 0 spiro atoms. The van der Waals surface area contributed by atoms with Crippen molar-refractivity contribution >= 4 is 28.9 Å². The average Bonchev–Trinajstić information content (AvgIpc) is 2.38. The summed E-state index contributed by atoms with van der Waals surface area (Å²) in [7, 11) is 0. The second-order valence-electron chi connectivity index (χ2n) is 4.27. The fourth-order valence-electron chi connectivity index (χ4n) is 1.79. The maximum absolute atomic E-state index is 13.1. The van der Waals surface area contributed by atoms with Crippen molar-refractivity contribution in [3.05, 3.63) is 63.4 Å². The van der Waals surface area contributed by atoms with E-state index in [4.69, 9.17) is 23.2 Å². The van der Waals surface area contributed by atoms with Gasteiger partial charge in [-0.05, 0) is 29.7 Å². The van der Waals surface area contributed by atoms with Crippen LogP contribution in [0.1, 0.15) is 18.1 Å². The van der Waals surface area contributed by atoms with Crippen LogP contribution in [0.25, 0.3) is 0 Å². The third-order valence-corrected chi connectivity index (χ3v) is 3.50. The molecule has 0 aliphatic heterocycles. The van der Waals surface area contributed by atoms with Gasteiger partial charge in [0.1, 0.15) is 5.82 Å². The van der Waals surface area contributed by atoms with E-state index in [9.17, 15) is 4.39 Å². The first-order valence-electron chi connectivity index (χ1n) is 6.06. The van der Waals surface area contributed by atoms with E-state index in [1.54, 1.807) is 0 Å². The molecule has 19 heavy (non-hydrogen) atoms. The van der Waals surface area contributed by atoms with Crippen molar-refractivity contribution in [2.24, 2.45) is 0 Å². The second kappa shape index (κ2) is 6.27. The number of benzene rings is 2. The standard InChI is InChI=1S/C15H14Cl2FN/c1-2-10-3-5-11(6-4-10)9-19-15-13(16)7-12(18)8-14(15)17/h3-8,19H,2,9H2,1H3. The van der Waals surface area contributed by atoms with Gasteiger partial charge < -0.3 is 5.32 Å². The second-order valence-corrected chi connectivity index (χ2v) is 5.08. The molecule has 0 aliphatic carbocycles. The zero-order chi connectivity index (χ0) is 13.8. The van der Waals surface area contributed by atoms with Crippen molar-refractivity contribution in [2.75, 3.05) is 5.32 Å². The van der Waals surface area contributed by atoms with E-state index < -0.39 is 5.82 Å². The third kappa shape index (κ3) is 3.62. The molecule has 0 bridgehead atoms. The summed E-state index contributed by atoms with van der Waals surface area (Å²) in [6, 6.07) is 10.8. The first-order chi connectivity index (χ1) is 9.10. The Morgan fingerprint density at radius 2 is 1.53 bits per heavy atom. The fourth-order valence-corrected chi connectivity index (χ4v) is 2.39. The molecule has 0 heterocycles. The first kappa shape index (κ1) is 14.2. The van der Waals surface area contributed by atoms with Gasteiger partial charge in [-0.25, -0.2) is 4.39 Å². The summed E-state index contributed by atoms with van der Waals surface area (Å²) < 4.78 is 13.1. The minimum absolute atomic E-state index is 0.287. The zero-order valence-electron chi connectivity index (χ0n) is 10.5. The van der Waals surface area contributed by atoms with E-state index >= 15 is 0 Å². The van der Waals surface area contributed by atoms with Crippen LogP contribution < -0.4 is 5.32 Å². The van der Waals surface area contributed by atoms with E-state index in [2.05, 4.69) is 36.5 Å². The van der Waals surface area contributed by atoms with Crippen LogP contribution in [0.15, 0.2) is 36.4 Å². The Hall–Kier alpha value is -1.25. The van der Waals surface area contributed by atoms with Crippen LogP contribution in [0.5, 0.6) is 0 Å². The number of nitrogens with one attached hydrogen (secondary N) is 1. The van der Waals surface area contributed by atoms with Crippen LogP contribution in [-0.2, 0) is 13.0 Å². The van der Waals surface area contributed by atoms with Crippen molar-refractivity contribution < 1.29 is 4.39 Å². The zero-order valence-corrected chi connectivity index (χ0v) is 12.0. The summed E-state index contributed by atoms with van der Waals surface area (Å²) in [6.45, 7) is 2.71. The molecule has 0 aliphatic rings. The van der Waals surface area contributed by atoms with Crippen LogP contribution >= 0.6 is 23.2 Å². The van der Waals surface area contributed by atoms with Crippen LogP contribution in [-0.4, -0.2) is 0 Å². The Balaban J connectivity index is 2.10. The van der Waals surface area contributed by atoms with Crippen molar-refractivity contribution in [3.63, 3.8) is 0 Å². The van der Waals surface area contributed by atoms with E-state index in [1.165, 1.54) is 17.7 Å². The molecule has 0 aromatic heterocycles. The van der Waals surface area contributed by atoms with E-state index in [-0.39, 0.29) is 10.0 Å². The molecule has 1 N–H and O–H groups in total. The van der Waals surface area contributed by atoms with Crippen LogP contribution in [0.4, 0.5) is 10.1 Å². The Morgan fingerprint density at radius 3 is 2.05 bits per heavy atom. The SMILES string of the molecule is CCc1ccc(CNc2c(Cl)cc(F)cc2Cl)cc1. The highest BCUT2D eigenvalue weighted by Crippen LogP contribution is 2.31. The molecule has 1 nitrogen and oxygen atoms in total. The van der Waals surface area contributed by atoms with E-state index in [1.807, 2.05) is 0 Å². The maximum Gasteiger partial charge on any atom is 0.126 e. The summed E-state index contributed by atoms with van der Waals surface area (Å²) in [5.74, 6) is -0.437. The highest BCUT2D eigenvalue weighted by atomic mass is 35.5. The number of aryl methyl sites for hydroxylation is 1. The maximum atomic E-state index is 13.1. The third-order valence-electron chi connectivity index (χ3n) is 2.91. The molecule has 0 radical (unpaired) electrons. The molecule has 2 aromatic rings. The van der Waals surface area contributed by atoms with Crippen molar-refractivity contribution in [1.82, 2.24) is 0 Å². The smallest absolute Gasteiger partial charge is 0.126 e. The van der Waals surface area contributed by atoms with Gasteiger partial charge in [0.15, 0.2) is 0 Å². The van der Waals surface area contributed by atoms with Gasteiger partial charge >= 0.3 is 0 Å². The molecular formula is C15H14Cl2FN. The van der Waals surface area contributed by atoms with Gasteiger partial charge in [-0.1, -0.05) is 54.4 Å². The van der Waals surface area contributed by atoms with Gasteiger partial charge in [0.05, 0.1) is 15.7 Å². The molecule has 100 valence electrons. The van der Waals surface area contributed by atoms with Gasteiger partial charge in [-0.2, -0.15) is 0 Å². The number of halogens is 3. The van der Waals surface area contributed by atoms with Crippen molar-refractivity contribution in [1.29, 1.82) is 0 Å². The van der Waals surface area contributed by atoms with E-state index in [0.717, 1.165) is 12.0 Å². The number of hydrogen-bond acceptors (Lipinski definition) is 1. The number of hydrogen-bond donors (Lipinski definition) is 1. The minimum atomic E-state index is -0.437. The van der Waals surface area contributed by atoms with Gasteiger partial charge in [-0.15, -0.1) is 0 Å². The molecule has 4 heteroatoms. The Bertz CT molecular complexity index is 544. The highest BCUT2D eigenvalue weighted by Gasteiger charge is 2.08. The lowest BCUT2D eigenvalue weighted by Crippen LogP contribution is -2.01. The van der Waals surface area contributed by atoms with Gasteiger partial charge in [0.2, 0.25) is 0 Å². The molecule has 2 aromatic carbocycles. The number of anilines is 1. The van der Waals surface area contributed by atoms with E-state index in [0.29, 0.717) is 12.2 Å². The largest absolute Gasteiger partial charge is 0.379 e. The Labute approximate surface area is 122 Å². The monoisotopic (exact) mass is 297 g/mol. The fraction of sp³-hybridized carbons (Fsp3) is 0.200. The quantitative estimate of drug-likeness (QED) is 0.807. The molecule has 0 atom stereocenters. The van der Waals surface area contributed by atoms with Gasteiger partial charge in [0, 0.05) is 6.54 Å². The predicted octanol–water partition coefficient (Wildman–Crippen LogP) is 5.31. The summed E-state index contributed by atoms with van der Waals surface area (Å²) >= 11 is 11.9. The Morgan fingerprint density at radius 1 is 1.00 bits per heavy atom. The molecule has 0 amide bonds. The normalized spacial score (nSPS) is 10.5. The summed E-state index contributed by atoms with van der Waals surface area (Å²) in [5.41, 5.74) is 2.97. The lowest BCUT2D eigenvalue weighted by atomic mass is 10.1. The van der Waals surface area contributed by atoms with Crippen LogP contribution in [0.3, 0.4) is 0 Å². The molecule has 0 unspecified atom stereocenters. The van der Waals surface area contributed by atoms with Crippen molar-refractivity contribution in [3.8, 4) is 0 Å². The number of rotatable bonds is 4. The Kier molecular flexibility index (Phi) is 4.67. The van der Waals surface area contributed by atoms with Crippen LogP contribution in [0, 0.1) is 5.82 Å². The topological polar surface area (TPSA) is 12.0 Å². The molecule has 0 saturated carbocycles. The minimum Gasteiger partial charge on any atom is -0.379 e. The average molecular weight is 298 g/mol. The molecule has 0 saturated heterocycles. The van der Waals surface area contributed by atoms with Gasteiger partial charge in [0.25, 0.3) is 0 Å². The predicted molar refractivity (Wildman–Crippen MR) is 79.6 cm³/mol. The summed E-state index contributed by atoms with van der Waals surface area (Å²) in [4.78, 5) is 0. The lowest BCUT2D eigenvalue weighted by molar-refractivity contribution is 0.628. The first-order valence-corrected chi connectivity index (χ1v) is 6.82. The molecule has 2 rings (SSSR count). The summed E-state index contributed by atoms with van der Waals surface area (Å²) in [6.07, 6.45) is 1.02. The van der Waals surface area contributed by atoms with Crippen LogP contribution in [0.2, 0.25) is 10.0 Å².